The predicted octanol–water partition coefficient (Wildman–Crippen LogP) is 3.00. The molecule has 1 saturated heterocycles. The van der Waals surface area contributed by atoms with Gasteiger partial charge >= 0.3 is 5.97 Å². The van der Waals surface area contributed by atoms with Crippen molar-refractivity contribution in [3.8, 4) is 0 Å². The van der Waals surface area contributed by atoms with Crippen LogP contribution in [0.3, 0.4) is 0 Å². The minimum Gasteiger partial charge on any atom is -0.481 e. The number of likely N-dealkylation sites (tertiary alicyclic amines) is 1. The standard InChI is InChI=1S/C15H27NO2/c1-11-8-12(2)10-16(9-11)14-7-5-3-4-6-13(14)15(17)18/h11-14H,3-10H2,1-2H3,(H,17,18). The van der Waals surface area contributed by atoms with Gasteiger partial charge in [-0.2, -0.15) is 0 Å². The van der Waals surface area contributed by atoms with Gasteiger partial charge in [-0.15, -0.1) is 0 Å². The summed E-state index contributed by atoms with van der Waals surface area (Å²) in [7, 11) is 0. The molecule has 2 aliphatic rings. The fourth-order valence-corrected chi connectivity index (χ4v) is 4.00. The van der Waals surface area contributed by atoms with E-state index in [1.54, 1.807) is 0 Å². The molecule has 0 spiro atoms. The molecule has 0 amide bonds. The minimum atomic E-state index is -0.576. The van der Waals surface area contributed by atoms with Crippen LogP contribution in [0, 0.1) is 17.8 Å². The Morgan fingerprint density at radius 2 is 1.67 bits per heavy atom. The molecule has 0 radical (unpaired) electrons. The summed E-state index contributed by atoms with van der Waals surface area (Å²) in [5.74, 6) is 0.718. The van der Waals surface area contributed by atoms with Crippen molar-refractivity contribution in [1.29, 1.82) is 0 Å². The second-order valence-corrected chi connectivity index (χ2v) is 6.55. The van der Waals surface area contributed by atoms with E-state index in [1.165, 1.54) is 19.3 Å². The van der Waals surface area contributed by atoms with Crippen LogP contribution in [0.4, 0.5) is 0 Å². The molecule has 0 aromatic heterocycles. The second kappa shape index (κ2) is 6.05. The van der Waals surface area contributed by atoms with Gasteiger partial charge in [-0.3, -0.25) is 9.69 Å². The first-order chi connectivity index (χ1) is 8.58. The van der Waals surface area contributed by atoms with E-state index in [-0.39, 0.29) is 12.0 Å². The molecule has 4 atom stereocenters. The maximum atomic E-state index is 11.5. The number of nitrogens with zero attached hydrogens (tertiary/aromatic N) is 1. The molecule has 0 bridgehead atoms. The van der Waals surface area contributed by atoms with E-state index in [9.17, 15) is 9.90 Å². The lowest BCUT2D eigenvalue weighted by molar-refractivity contribution is -0.145. The third-order valence-electron chi connectivity index (χ3n) is 4.66. The summed E-state index contributed by atoms with van der Waals surface area (Å²) in [6, 6.07) is 0.287. The second-order valence-electron chi connectivity index (χ2n) is 6.55. The topological polar surface area (TPSA) is 40.5 Å². The van der Waals surface area contributed by atoms with Crippen molar-refractivity contribution < 1.29 is 9.90 Å². The van der Waals surface area contributed by atoms with Crippen molar-refractivity contribution in [3.63, 3.8) is 0 Å². The van der Waals surface area contributed by atoms with E-state index in [4.69, 9.17) is 0 Å². The van der Waals surface area contributed by atoms with Gasteiger partial charge in [-0.1, -0.05) is 33.1 Å². The smallest absolute Gasteiger partial charge is 0.308 e. The van der Waals surface area contributed by atoms with E-state index < -0.39 is 5.97 Å². The van der Waals surface area contributed by atoms with Gasteiger partial charge in [0.2, 0.25) is 0 Å². The Labute approximate surface area is 111 Å². The molecule has 0 aromatic rings. The Hall–Kier alpha value is -0.570. The van der Waals surface area contributed by atoms with Crippen molar-refractivity contribution in [2.45, 2.75) is 58.4 Å². The molecule has 1 N–H and O–H groups in total. The quantitative estimate of drug-likeness (QED) is 0.769. The summed E-state index contributed by atoms with van der Waals surface area (Å²) >= 11 is 0. The van der Waals surface area contributed by atoms with Crippen LogP contribution in [0.15, 0.2) is 0 Å². The third-order valence-corrected chi connectivity index (χ3v) is 4.66. The molecule has 18 heavy (non-hydrogen) atoms. The Kier molecular flexibility index (Phi) is 4.66. The van der Waals surface area contributed by atoms with Crippen molar-refractivity contribution >= 4 is 5.97 Å². The molecular formula is C15H27NO2. The van der Waals surface area contributed by atoms with Gasteiger partial charge < -0.3 is 5.11 Å². The molecule has 0 aromatic carbocycles. The molecule has 3 heteroatoms. The van der Waals surface area contributed by atoms with E-state index >= 15 is 0 Å². The predicted molar refractivity (Wildman–Crippen MR) is 72.5 cm³/mol. The maximum absolute atomic E-state index is 11.5. The highest BCUT2D eigenvalue weighted by molar-refractivity contribution is 5.70. The highest BCUT2D eigenvalue weighted by Gasteiger charge is 2.36. The van der Waals surface area contributed by atoms with Crippen molar-refractivity contribution in [3.05, 3.63) is 0 Å². The third kappa shape index (κ3) is 3.25. The number of hydrogen-bond donors (Lipinski definition) is 1. The normalized spacial score (nSPS) is 39.2. The first kappa shape index (κ1) is 13.9. The van der Waals surface area contributed by atoms with Crippen LogP contribution in [0.5, 0.6) is 0 Å². The summed E-state index contributed by atoms with van der Waals surface area (Å²) in [5, 5.41) is 9.47. The Morgan fingerprint density at radius 3 is 2.28 bits per heavy atom. The highest BCUT2D eigenvalue weighted by Crippen LogP contribution is 2.32. The maximum Gasteiger partial charge on any atom is 0.308 e. The van der Waals surface area contributed by atoms with E-state index in [0.29, 0.717) is 11.8 Å². The molecule has 4 unspecified atom stereocenters. The molecular weight excluding hydrogens is 226 g/mol. The zero-order chi connectivity index (χ0) is 13.1. The zero-order valence-corrected chi connectivity index (χ0v) is 11.8. The van der Waals surface area contributed by atoms with Gasteiger partial charge in [-0.25, -0.2) is 0 Å². The summed E-state index contributed by atoms with van der Waals surface area (Å²) in [6.45, 7) is 6.79. The molecule has 2 fully saturated rings. The Morgan fingerprint density at radius 1 is 1.06 bits per heavy atom. The zero-order valence-electron chi connectivity index (χ0n) is 11.8. The number of piperidine rings is 1. The van der Waals surface area contributed by atoms with E-state index in [0.717, 1.165) is 32.4 Å². The lowest BCUT2D eigenvalue weighted by atomic mass is 9.86. The number of rotatable bonds is 2. The summed E-state index contributed by atoms with van der Waals surface area (Å²) in [4.78, 5) is 14.0. The SMILES string of the molecule is CC1CC(C)CN(C2CCCCCC2C(=O)O)C1. The van der Waals surface area contributed by atoms with Gasteiger partial charge in [0.25, 0.3) is 0 Å². The average molecular weight is 253 g/mol. The lowest BCUT2D eigenvalue weighted by Crippen LogP contribution is -2.49. The average Bonchev–Trinajstić information content (AvgIpc) is 2.52. The van der Waals surface area contributed by atoms with Crippen LogP contribution in [0.2, 0.25) is 0 Å². The Balaban J connectivity index is 2.09. The van der Waals surface area contributed by atoms with E-state index in [2.05, 4.69) is 18.7 Å². The molecule has 1 saturated carbocycles. The fraction of sp³-hybridized carbons (Fsp3) is 0.933. The molecule has 2 rings (SSSR count). The number of carboxylic acid groups (broad SMARTS) is 1. The van der Waals surface area contributed by atoms with Crippen LogP contribution in [0.25, 0.3) is 0 Å². The number of aliphatic carboxylic acids is 1. The van der Waals surface area contributed by atoms with Crippen molar-refractivity contribution in [1.82, 2.24) is 4.90 Å². The monoisotopic (exact) mass is 253 g/mol. The summed E-state index contributed by atoms with van der Waals surface area (Å²) in [6.07, 6.45) is 6.75. The van der Waals surface area contributed by atoms with Crippen LogP contribution < -0.4 is 0 Å². The minimum absolute atomic E-state index is 0.134. The fourth-order valence-electron chi connectivity index (χ4n) is 4.00. The molecule has 3 nitrogen and oxygen atoms in total. The molecule has 1 aliphatic carbocycles. The molecule has 104 valence electrons. The van der Waals surface area contributed by atoms with Crippen LogP contribution in [0.1, 0.15) is 52.4 Å². The van der Waals surface area contributed by atoms with Gasteiger partial charge in [0, 0.05) is 19.1 Å². The number of carboxylic acids is 1. The first-order valence-electron chi connectivity index (χ1n) is 7.54. The van der Waals surface area contributed by atoms with Gasteiger partial charge in [0.15, 0.2) is 0 Å². The Bertz CT molecular complexity index is 282. The first-order valence-corrected chi connectivity index (χ1v) is 7.54. The van der Waals surface area contributed by atoms with Crippen molar-refractivity contribution in [2.75, 3.05) is 13.1 Å². The molecule has 1 heterocycles. The van der Waals surface area contributed by atoms with Crippen LogP contribution in [-0.2, 0) is 4.79 Å². The van der Waals surface area contributed by atoms with Crippen LogP contribution >= 0.6 is 0 Å². The summed E-state index contributed by atoms with van der Waals surface area (Å²) in [5.41, 5.74) is 0. The van der Waals surface area contributed by atoms with Crippen LogP contribution in [-0.4, -0.2) is 35.1 Å². The lowest BCUT2D eigenvalue weighted by Gasteiger charge is -2.41. The summed E-state index contributed by atoms with van der Waals surface area (Å²) < 4.78 is 0. The molecule has 1 aliphatic heterocycles. The van der Waals surface area contributed by atoms with Gasteiger partial charge in [0.05, 0.1) is 5.92 Å². The van der Waals surface area contributed by atoms with Crippen molar-refractivity contribution in [2.24, 2.45) is 17.8 Å². The van der Waals surface area contributed by atoms with Gasteiger partial charge in [0.1, 0.15) is 0 Å². The number of hydrogen-bond acceptors (Lipinski definition) is 2. The van der Waals surface area contributed by atoms with E-state index in [1.807, 2.05) is 0 Å². The largest absolute Gasteiger partial charge is 0.481 e. The van der Waals surface area contributed by atoms with Gasteiger partial charge in [-0.05, 0) is 31.1 Å². The highest BCUT2D eigenvalue weighted by atomic mass is 16.4. The number of carbonyl (C=O) groups is 1.